The van der Waals surface area contributed by atoms with Gasteiger partial charge in [-0.25, -0.2) is 0 Å². The number of rotatable bonds is 3. The largest absolute Gasteiger partial charge is 0.322 e. The highest BCUT2D eigenvalue weighted by Crippen LogP contribution is 2.17. The van der Waals surface area contributed by atoms with E-state index in [1.165, 1.54) is 5.56 Å². The Morgan fingerprint density at radius 2 is 1.95 bits per heavy atom. The Morgan fingerprint density at radius 1 is 1.19 bits per heavy atom. The number of aromatic nitrogens is 2. The predicted molar refractivity (Wildman–Crippen MR) is 84.5 cm³/mol. The molecule has 0 bridgehead atoms. The Bertz CT molecular complexity index is 787. The number of hydrogen-bond donors (Lipinski definition) is 1. The molecule has 1 heterocycles. The minimum atomic E-state index is -0.109. The molecule has 3 aromatic rings. The van der Waals surface area contributed by atoms with Crippen molar-refractivity contribution in [2.75, 3.05) is 5.32 Å². The first-order valence-corrected chi connectivity index (χ1v) is 6.99. The SMILES string of the molecule is CCc1ccc(NC(=O)c2ccc3cnn(C)c3c2)cc1. The quantitative estimate of drug-likeness (QED) is 0.799. The van der Waals surface area contributed by atoms with Crippen LogP contribution in [0.15, 0.2) is 48.7 Å². The van der Waals surface area contributed by atoms with Gasteiger partial charge in [-0.1, -0.05) is 25.1 Å². The van der Waals surface area contributed by atoms with E-state index in [0.29, 0.717) is 5.56 Å². The second-order valence-corrected chi connectivity index (χ2v) is 5.05. The topological polar surface area (TPSA) is 46.9 Å². The summed E-state index contributed by atoms with van der Waals surface area (Å²) in [4.78, 5) is 12.3. The molecule has 0 saturated carbocycles. The monoisotopic (exact) mass is 279 g/mol. The third-order valence-electron chi connectivity index (χ3n) is 3.63. The molecular formula is C17H17N3O. The van der Waals surface area contributed by atoms with Crippen molar-refractivity contribution in [1.29, 1.82) is 0 Å². The summed E-state index contributed by atoms with van der Waals surface area (Å²) in [6.07, 6.45) is 2.78. The van der Waals surface area contributed by atoms with Gasteiger partial charge < -0.3 is 5.32 Å². The normalized spacial score (nSPS) is 10.8. The fourth-order valence-corrected chi connectivity index (χ4v) is 2.31. The molecule has 0 radical (unpaired) electrons. The van der Waals surface area contributed by atoms with Crippen molar-refractivity contribution in [3.05, 3.63) is 59.8 Å². The molecule has 0 aliphatic carbocycles. The molecule has 4 nitrogen and oxygen atoms in total. The molecule has 0 spiro atoms. The van der Waals surface area contributed by atoms with Crippen LogP contribution in [0.2, 0.25) is 0 Å². The highest BCUT2D eigenvalue weighted by molar-refractivity contribution is 6.06. The lowest BCUT2D eigenvalue weighted by Gasteiger charge is -2.06. The average Bonchev–Trinajstić information content (AvgIpc) is 2.89. The number of amides is 1. The second-order valence-electron chi connectivity index (χ2n) is 5.05. The number of nitrogens with one attached hydrogen (secondary N) is 1. The molecule has 3 rings (SSSR count). The molecule has 0 unspecified atom stereocenters. The zero-order chi connectivity index (χ0) is 14.8. The summed E-state index contributed by atoms with van der Waals surface area (Å²) in [5.74, 6) is -0.109. The number of anilines is 1. The summed E-state index contributed by atoms with van der Waals surface area (Å²) < 4.78 is 1.77. The number of nitrogens with zero attached hydrogens (tertiary/aromatic N) is 2. The second kappa shape index (κ2) is 5.40. The Labute approximate surface area is 123 Å². The van der Waals surface area contributed by atoms with Crippen LogP contribution in [0.1, 0.15) is 22.8 Å². The molecule has 0 saturated heterocycles. The number of fused-ring (bicyclic) bond motifs is 1. The van der Waals surface area contributed by atoms with E-state index in [2.05, 4.69) is 17.3 Å². The van der Waals surface area contributed by atoms with E-state index < -0.39 is 0 Å². The first-order chi connectivity index (χ1) is 10.2. The van der Waals surface area contributed by atoms with Gasteiger partial charge >= 0.3 is 0 Å². The molecule has 1 amide bonds. The molecule has 2 aromatic carbocycles. The van der Waals surface area contributed by atoms with Crippen LogP contribution >= 0.6 is 0 Å². The molecule has 1 N–H and O–H groups in total. The molecular weight excluding hydrogens is 262 g/mol. The van der Waals surface area contributed by atoms with Gasteiger partial charge in [-0.05, 0) is 36.2 Å². The molecule has 4 heteroatoms. The van der Waals surface area contributed by atoms with Crippen LogP contribution in [0.5, 0.6) is 0 Å². The van der Waals surface area contributed by atoms with E-state index >= 15 is 0 Å². The highest BCUT2D eigenvalue weighted by Gasteiger charge is 2.08. The van der Waals surface area contributed by atoms with Crippen molar-refractivity contribution < 1.29 is 4.79 Å². The average molecular weight is 279 g/mol. The summed E-state index contributed by atoms with van der Waals surface area (Å²) in [5, 5.41) is 8.13. The van der Waals surface area contributed by atoms with E-state index in [0.717, 1.165) is 23.0 Å². The van der Waals surface area contributed by atoms with Crippen molar-refractivity contribution in [3.8, 4) is 0 Å². The molecule has 0 fully saturated rings. The summed E-state index contributed by atoms with van der Waals surface area (Å²) in [6, 6.07) is 13.5. The van der Waals surface area contributed by atoms with E-state index in [1.807, 2.05) is 49.5 Å². The van der Waals surface area contributed by atoms with Gasteiger partial charge in [0.2, 0.25) is 0 Å². The van der Waals surface area contributed by atoms with Gasteiger partial charge in [-0.15, -0.1) is 0 Å². The third kappa shape index (κ3) is 2.65. The van der Waals surface area contributed by atoms with Crippen LogP contribution in [0.3, 0.4) is 0 Å². The number of carbonyl (C=O) groups excluding carboxylic acids is 1. The highest BCUT2D eigenvalue weighted by atomic mass is 16.1. The Morgan fingerprint density at radius 3 is 2.67 bits per heavy atom. The van der Waals surface area contributed by atoms with Gasteiger partial charge in [-0.2, -0.15) is 5.10 Å². The summed E-state index contributed by atoms with van der Waals surface area (Å²) >= 11 is 0. The molecule has 0 atom stereocenters. The third-order valence-corrected chi connectivity index (χ3v) is 3.63. The molecule has 1 aromatic heterocycles. The van der Waals surface area contributed by atoms with Crippen LogP contribution in [0.4, 0.5) is 5.69 Å². The lowest BCUT2D eigenvalue weighted by molar-refractivity contribution is 0.102. The summed E-state index contributed by atoms with van der Waals surface area (Å²) in [6.45, 7) is 2.11. The van der Waals surface area contributed by atoms with Gasteiger partial charge in [0.1, 0.15) is 0 Å². The van der Waals surface area contributed by atoms with Crippen LogP contribution in [0.25, 0.3) is 10.9 Å². The van der Waals surface area contributed by atoms with Gasteiger partial charge in [0.05, 0.1) is 11.7 Å². The van der Waals surface area contributed by atoms with Crippen molar-refractivity contribution in [1.82, 2.24) is 9.78 Å². The fraction of sp³-hybridized carbons (Fsp3) is 0.176. The van der Waals surface area contributed by atoms with Crippen LogP contribution in [-0.4, -0.2) is 15.7 Å². The van der Waals surface area contributed by atoms with E-state index in [9.17, 15) is 4.79 Å². The molecule has 0 aliphatic heterocycles. The van der Waals surface area contributed by atoms with Crippen LogP contribution in [-0.2, 0) is 13.5 Å². The lowest BCUT2D eigenvalue weighted by atomic mass is 10.1. The van der Waals surface area contributed by atoms with E-state index in [4.69, 9.17) is 0 Å². The van der Waals surface area contributed by atoms with Crippen molar-refractivity contribution in [2.45, 2.75) is 13.3 Å². The zero-order valence-corrected chi connectivity index (χ0v) is 12.1. The standard InChI is InChI=1S/C17H17N3O/c1-3-12-4-8-15(9-5-12)19-17(21)13-6-7-14-11-18-20(2)16(14)10-13/h4-11H,3H2,1-2H3,(H,19,21). The smallest absolute Gasteiger partial charge is 0.255 e. The maximum atomic E-state index is 12.3. The lowest BCUT2D eigenvalue weighted by Crippen LogP contribution is -2.11. The van der Waals surface area contributed by atoms with Crippen molar-refractivity contribution in [3.63, 3.8) is 0 Å². The maximum absolute atomic E-state index is 12.3. The summed E-state index contributed by atoms with van der Waals surface area (Å²) in [5.41, 5.74) is 3.64. The van der Waals surface area contributed by atoms with Crippen LogP contribution < -0.4 is 5.32 Å². The first kappa shape index (κ1) is 13.4. The van der Waals surface area contributed by atoms with Crippen molar-refractivity contribution in [2.24, 2.45) is 7.05 Å². The van der Waals surface area contributed by atoms with Crippen molar-refractivity contribution >= 4 is 22.5 Å². The predicted octanol–water partition coefficient (Wildman–Crippen LogP) is 3.39. The van der Waals surface area contributed by atoms with E-state index in [1.54, 1.807) is 10.9 Å². The first-order valence-electron chi connectivity index (χ1n) is 6.99. The minimum Gasteiger partial charge on any atom is -0.322 e. The Balaban J connectivity index is 1.83. The number of carbonyl (C=O) groups is 1. The van der Waals surface area contributed by atoms with Gasteiger partial charge in [0, 0.05) is 23.7 Å². The molecule has 0 aliphatic rings. The minimum absolute atomic E-state index is 0.109. The number of benzene rings is 2. The van der Waals surface area contributed by atoms with E-state index in [-0.39, 0.29) is 5.91 Å². The number of hydrogen-bond acceptors (Lipinski definition) is 2. The molecule has 21 heavy (non-hydrogen) atoms. The summed E-state index contributed by atoms with van der Waals surface area (Å²) in [7, 11) is 1.87. The van der Waals surface area contributed by atoms with Crippen LogP contribution in [0, 0.1) is 0 Å². The van der Waals surface area contributed by atoms with Gasteiger partial charge in [-0.3, -0.25) is 9.48 Å². The molecule has 106 valence electrons. The number of aryl methyl sites for hydroxylation is 2. The van der Waals surface area contributed by atoms with Gasteiger partial charge in [0.25, 0.3) is 5.91 Å². The Hall–Kier alpha value is -2.62. The maximum Gasteiger partial charge on any atom is 0.255 e. The fourth-order valence-electron chi connectivity index (χ4n) is 2.31. The Kier molecular flexibility index (Phi) is 3.44. The zero-order valence-electron chi connectivity index (χ0n) is 12.1. The van der Waals surface area contributed by atoms with Gasteiger partial charge in [0.15, 0.2) is 0 Å².